The second kappa shape index (κ2) is 7.59. The monoisotopic (exact) mass is 425 g/mol. The number of halogens is 7. The minimum atomic E-state index is -6.07. The van der Waals surface area contributed by atoms with Gasteiger partial charge in [0, 0.05) is 5.69 Å². The highest BCUT2D eigenvalue weighted by atomic mass is 19.4. The predicted molar refractivity (Wildman–Crippen MR) is 83.4 cm³/mol. The van der Waals surface area contributed by atoms with Crippen molar-refractivity contribution < 1.29 is 40.6 Å². The van der Waals surface area contributed by atoms with Crippen molar-refractivity contribution >= 4 is 17.5 Å². The summed E-state index contributed by atoms with van der Waals surface area (Å²) in [5.41, 5.74) is -0.267. The molecule has 0 aliphatic heterocycles. The second-order valence-electron chi connectivity index (χ2n) is 5.52. The molecule has 156 valence electrons. The zero-order chi connectivity index (χ0) is 22.0. The highest BCUT2D eigenvalue weighted by molar-refractivity contribution is 5.60. The third-order valence-electron chi connectivity index (χ3n) is 3.50. The zero-order valence-electron chi connectivity index (χ0n) is 13.9. The van der Waals surface area contributed by atoms with Gasteiger partial charge in [0.15, 0.2) is 11.6 Å². The van der Waals surface area contributed by atoms with E-state index in [-0.39, 0.29) is 11.6 Å². The van der Waals surface area contributed by atoms with Crippen molar-refractivity contribution in [2.45, 2.75) is 18.0 Å². The molecule has 1 heterocycles. The number of nitrogens with zero attached hydrogens (tertiary/aromatic N) is 3. The molecule has 1 aromatic carbocycles. The van der Waals surface area contributed by atoms with Gasteiger partial charge in [-0.1, -0.05) is 0 Å². The van der Waals surface area contributed by atoms with Gasteiger partial charge in [0.2, 0.25) is 5.95 Å². The van der Waals surface area contributed by atoms with Crippen molar-refractivity contribution in [2.75, 3.05) is 17.7 Å². The topological polar surface area (TPSA) is 117 Å². The minimum Gasteiger partial charge on any atom is -0.488 e. The molecule has 0 unspecified atom stereocenters. The molecule has 7 nitrogen and oxygen atoms in total. The Labute approximate surface area is 157 Å². The summed E-state index contributed by atoms with van der Waals surface area (Å²) in [6, 6.07) is 4.52. The minimum absolute atomic E-state index is 0.0711. The number of hydrogen-bond donors (Lipinski definition) is 3. The van der Waals surface area contributed by atoms with Crippen molar-refractivity contribution in [1.82, 2.24) is 9.97 Å². The quantitative estimate of drug-likeness (QED) is 0.631. The van der Waals surface area contributed by atoms with Gasteiger partial charge < -0.3 is 20.9 Å². The fourth-order valence-corrected chi connectivity index (χ4v) is 1.90. The second-order valence-corrected chi connectivity index (χ2v) is 5.52. The van der Waals surface area contributed by atoms with E-state index in [0.717, 1.165) is 24.4 Å². The van der Waals surface area contributed by atoms with E-state index < -0.39 is 47.5 Å². The van der Waals surface area contributed by atoms with Crippen LogP contribution in [0.5, 0.6) is 5.75 Å². The first-order chi connectivity index (χ1) is 13.3. The van der Waals surface area contributed by atoms with E-state index in [4.69, 9.17) is 16.1 Å². The van der Waals surface area contributed by atoms with Crippen molar-refractivity contribution in [3.63, 3.8) is 0 Å². The molecule has 14 heteroatoms. The van der Waals surface area contributed by atoms with Gasteiger partial charge in [0.25, 0.3) is 5.60 Å². The van der Waals surface area contributed by atoms with E-state index in [1.807, 2.05) is 0 Å². The number of nitrogen functional groups attached to an aromatic ring is 1. The molecule has 0 fully saturated rings. The van der Waals surface area contributed by atoms with Gasteiger partial charge in [-0.15, -0.1) is 0 Å². The number of aromatic nitrogens is 2. The van der Waals surface area contributed by atoms with Crippen LogP contribution in [0.3, 0.4) is 0 Å². The van der Waals surface area contributed by atoms with Gasteiger partial charge in [-0.05, 0) is 18.2 Å². The molecule has 29 heavy (non-hydrogen) atoms. The van der Waals surface area contributed by atoms with E-state index in [2.05, 4.69) is 20.0 Å². The van der Waals surface area contributed by atoms with Crippen LogP contribution >= 0.6 is 0 Å². The Morgan fingerprint density at radius 2 is 1.79 bits per heavy atom. The van der Waals surface area contributed by atoms with Crippen LogP contribution in [0, 0.1) is 17.1 Å². The van der Waals surface area contributed by atoms with E-state index in [1.54, 1.807) is 0 Å². The number of rotatable bonds is 5. The number of benzene rings is 1. The van der Waals surface area contributed by atoms with Crippen LogP contribution in [-0.4, -0.2) is 39.6 Å². The summed E-state index contributed by atoms with van der Waals surface area (Å²) in [4.78, 5) is 7.11. The number of aliphatic hydroxyl groups is 1. The number of anilines is 3. The van der Waals surface area contributed by atoms with Gasteiger partial charge in [0.05, 0.1) is 11.8 Å². The van der Waals surface area contributed by atoms with Crippen molar-refractivity contribution in [3.8, 4) is 11.8 Å². The molecule has 0 aliphatic rings. The highest BCUT2D eigenvalue weighted by Gasteiger charge is 2.71. The van der Waals surface area contributed by atoms with Gasteiger partial charge in [0.1, 0.15) is 18.4 Å². The van der Waals surface area contributed by atoms with Gasteiger partial charge in [-0.2, -0.15) is 36.6 Å². The Kier molecular flexibility index (Phi) is 5.74. The molecule has 0 aliphatic carbocycles. The van der Waals surface area contributed by atoms with Crippen LogP contribution < -0.4 is 15.8 Å². The zero-order valence-corrected chi connectivity index (χ0v) is 13.9. The van der Waals surface area contributed by atoms with Gasteiger partial charge in [-0.3, -0.25) is 0 Å². The first-order valence-corrected chi connectivity index (χ1v) is 7.36. The molecular weight excluding hydrogens is 415 g/mol. The summed E-state index contributed by atoms with van der Waals surface area (Å²) in [5, 5.41) is 20.7. The van der Waals surface area contributed by atoms with Crippen molar-refractivity contribution in [2.24, 2.45) is 0 Å². The largest absolute Gasteiger partial charge is 0.488 e. The van der Waals surface area contributed by atoms with E-state index in [9.17, 15) is 30.7 Å². The summed E-state index contributed by atoms with van der Waals surface area (Å²) in [6.45, 7) is -2.22. The fourth-order valence-electron chi connectivity index (χ4n) is 1.90. The molecule has 0 atom stereocenters. The molecule has 1 aromatic heterocycles. The number of nitrogens with one attached hydrogen (secondary N) is 1. The first kappa shape index (κ1) is 22.0. The lowest BCUT2D eigenvalue weighted by atomic mass is 10.0. The number of hydrogen-bond acceptors (Lipinski definition) is 7. The third kappa shape index (κ3) is 4.57. The van der Waals surface area contributed by atoms with Crippen molar-refractivity contribution in [3.05, 3.63) is 35.8 Å². The van der Waals surface area contributed by atoms with Crippen LogP contribution in [0.2, 0.25) is 0 Å². The maximum Gasteiger partial charge on any atom is 0.429 e. The molecule has 0 spiro atoms. The van der Waals surface area contributed by atoms with E-state index in [1.165, 1.54) is 6.07 Å². The molecule has 0 amide bonds. The first-order valence-electron chi connectivity index (χ1n) is 7.36. The standard InChI is InChI=1S/C15H10F7N5O2/c16-9-5-25-12(27-11(9)24)26-8-1-2-10(7(3-8)4-23)29-6-13(28,14(17,18)19)15(20,21)22/h1-3,5,28H,6H2,(H3,24,25,26,27). The van der Waals surface area contributed by atoms with Crippen molar-refractivity contribution in [1.29, 1.82) is 5.26 Å². The Hall–Kier alpha value is -3.34. The van der Waals surface area contributed by atoms with Crippen LogP contribution in [0.25, 0.3) is 0 Å². The summed E-state index contributed by atoms with van der Waals surface area (Å²) < 4.78 is 93.5. The number of nitrogens with two attached hydrogens (primary N) is 1. The number of alkyl halides is 6. The maximum absolute atomic E-state index is 13.0. The summed E-state index contributed by atoms with van der Waals surface area (Å²) in [7, 11) is 0. The summed E-state index contributed by atoms with van der Waals surface area (Å²) >= 11 is 0. The predicted octanol–water partition coefficient (Wildman–Crippen LogP) is 3.05. The Bertz CT molecular complexity index is 926. The maximum atomic E-state index is 13.0. The van der Waals surface area contributed by atoms with Crippen LogP contribution in [0.1, 0.15) is 5.56 Å². The van der Waals surface area contributed by atoms with E-state index >= 15 is 0 Å². The lowest BCUT2D eigenvalue weighted by Crippen LogP contribution is -2.60. The molecule has 2 rings (SSSR count). The van der Waals surface area contributed by atoms with E-state index in [0.29, 0.717) is 0 Å². The smallest absolute Gasteiger partial charge is 0.429 e. The molecule has 2 aromatic rings. The van der Waals surface area contributed by atoms with Gasteiger partial charge in [-0.25, -0.2) is 9.37 Å². The molecule has 0 saturated heterocycles. The van der Waals surface area contributed by atoms with Crippen LogP contribution in [0.4, 0.5) is 48.2 Å². The Morgan fingerprint density at radius 3 is 2.31 bits per heavy atom. The average molecular weight is 425 g/mol. The molecule has 4 N–H and O–H groups in total. The molecular formula is C15H10F7N5O2. The summed E-state index contributed by atoms with van der Waals surface area (Å²) in [6.07, 6.45) is -11.4. The molecule has 0 radical (unpaired) electrons. The van der Waals surface area contributed by atoms with Crippen LogP contribution in [-0.2, 0) is 0 Å². The normalized spacial score (nSPS) is 12.4. The number of nitriles is 1. The lowest BCUT2D eigenvalue weighted by molar-refractivity contribution is -0.373. The fraction of sp³-hybridized carbons (Fsp3) is 0.267. The molecule has 0 bridgehead atoms. The lowest BCUT2D eigenvalue weighted by Gasteiger charge is -2.31. The Balaban J connectivity index is 2.25. The highest BCUT2D eigenvalue weighted by Crippen LogP contribution is 2.43. The SMILES string of the molecule is N#Cc1cc(Nc2ncc(F)c(N)n2)ccc1OCC(O)(C(F)(F)F)C(F)(F)F. The van der Waals surface area contributed by atoms with Gasteiger partial charge >= 0.3 is 12.4 Å². The van der Waals surface area contributed by atoms with Crippen LogP contribution in [0.15, 0.2) is 24.4 Å². The average Bonchev–Trinajstić information content (AvgIpc) is 2.61. The Morgan fingerprint density at radius 1 is 1.17 bits per heavy atom. The molecule has 0 saturated carbocycles. The summed E-state index contributed by atoms with van der Waals surface area (Å²) in [5.74, 6) is -2.21. The number of ether oxygens (including phenoxy) is 1. The third-order valence-corrected chi connectivity index (χ3v) is 3.50.